The van der Waals surface area contributed by atoms with Gasteiger partial charge < -0.3 is 10.1 Å². The second-order valence-electron chi connectivity index (χ2n) is 5.05. The Bertz CT molecular complexity index is 155. The average Bonchev–Trinajstić information content (AvgIpc) is 2.13. The fourth-order valence-corrected chi connectivity index (χ4v) is 1.94. The SMILES string of the molecule is CCNCC(OCCC1CCC1)C(C)C. The first-order valence-corrected chi connectivity index (χ1v) is 6.56. The van der Waals surface area contributed by atoms with Gasteiger partial charge in [-0.05, 0) is 24.8 Å². The van der Waals surface area contributed by atoms with Gasteiger partial charge >= 0.3 is 0 Å². The van der Waals surface area contributed by atoms with E-state index in [9.17, 15) is 0 Å². The summed E-state index contributed by atoms with van der Waals surface area (Å²) in [7, 11) is 0. The molecule has 0 aromatic rings. The third-order valence-corrected chi connectivity index (χ3v) is 3.42. The Morgan fingerprint density at radius 3 is 2.53 bits per heavy atom. The number of nitrogens with one attached hydrogen (secondary N) is 1. The molecule has 1 aliphatic rings. The van der Waals surface area contributed by atoms with Gasteiger partial charge in [-0.25, -0.2) is 0 Å². The maximum Gasteiger partial charge on any atom is 0.0722 e. The molecule has 1 aliphatic carbocycles. The van der Waals surface area contributed by atoms with E-state index in [1.165, 1.54) is 25.7 Å². The van der Waals surface area contributed by atoms with E-state index in [1.54, 1.807) is 0 Å². The smallest absolute Gasteiger partial charge is 0.0722 e. The van der Waals surface area contributed by atoms with E-state index in [0.29, 0.717) is 12.0 Å². The maximum absolute atomic E-state index is 5.95. The van der Waals surface area contributed by atoms with Crippen LogP contribution in [-0.4, -0.2) is 25.8 Å². The molecule has 15 heavy (non-hydrogen) atoms. The third kappa shape index (κ3) is 4.98. The summed E-state index contributed by atoms with van der Waals surface area (Å²) in [6.45, 7) is 9.62. The monoisotopic (exact) mass is 213 g/mol. The van der Waals surface area contributed by atoms with Gasteiger partial charge in [-0.15, -0.1) is 0 Å². The number of rotatable bonds is 8. The maximum atomic E-state index is 5.95. The van der Waals surface area contributed by atoms with Gasteiger partial charge in [-0.1, -0.05) is 40.0 Å². The highest BCUT2D eigenvalue weighted by molar-refractivity contribution is 4.70. The van der Waals surface area contributed by atoms with Crippen molar-refractivity contribution >= 4 is 0 Å². The molecular weight excluding hydrogens is 186 g/mol. The average molecular weight is 213 g/mol. The summed E-state index contributed by atoms with van der Waals surface area (Å²) in [4.78, 5) is 0. The van der Waals surface area contributed by atoms with Crippen molar-refractivity contribution in [2.75, 3.05) is 19.7 Å². The summed E-state index contributed by atoms with van der Waals surface area (Å²) in [5.41, 5.74) is 0. The van der Waals surface area contributed by atoms with Crippen LogP contribution in [0.2, 0.25) is 0 Å². The van der Waals surface area contributed by atoms with Gasteiger partial charge in [0.15, 0.2) is 0 Å². The van der Waals surface area contributed by atoms with Crippen LogP contribution in [0.1, 0.15) is 46.5 Å². The molecule has 0 aromatic heterocycles. The molecule has 2 heteroatoms. The first-order valence-electron chi connectivity index (χ1n) is 6.56. The quantitative estimate of drug-likeness (QED) is 0.669. The Morgan fingerprint density at radius 1 is 1.33 bits per heavy atom. The summed E-state index contributed by atoms with van der Waals surface area (Å²) in [6.07, 6.45) is 5.97. The van der Waals surface area contributed by atoms with Crippen LogP contribution in [0, 0.1) is 11.8 Å². The lowest BCUT2D eigenvalue weighted by molar-refractivity contribution is 0.0115. The second-order valence-corrected chi connectivity index (χ2v) is 5.05. The number of hydrogen-bond donors (Lipinski definition) is 1. The van der Waals surface area contributed by atoms with E-state index in [0.717, 1.165) is 25.6 Å². The molecule has 0 aliphatic heterocycles. The molecule has 90 valence electrons. The molecule has 1 atom stereocenters. The molecule has 1 saturated carbocycles. The van der Waals surface area contributed by atoms with Crippen molar-refractivity contribution in [2.45, 2.75) is 52.6 Å². The molecule has 0 radical (unpaired) electrons. The van der Waals surface area contributed by atoms with Crippen molar-refractivity contribution in [1.29, 1.82) is 0 Å². The lowest BCUT2D eigenvalue weighted by Crippen LogP contribution is -2.33. The zero-order valence-electron chi connectivity index (χ0n) is 10.6. The van der Waals surface area contributed by atoms with Crippen LogP contribution in [0.15, 0.2) is 0 Å². The predicted octanol–water partition coefficient (Wildman–Crippen LogP) is 2.83. The normalized spacial score (nSPS) is 19.2. The number of likely N-dealkylation sites (N-methyl/N-ethyl adjacent to an activating group) is 1. The lowest BCUT2D eigenvalue weighted by Gasteiger charge is -2.27. The van der Waals surface area contributed by atoms with Crippen LogP contribution in [-0.2, 0) is 4.74 Å². The van der Waals surface area contributed by atoms with E-state index in [-0.39, 0.29) is 0 Å². The Morgan fingerprint density at radius 2 is 2.07 bits per heavy atom. The molecule has 0 bridgehead atoms. The van der Waals surface area contributed by atoms with Gasteiger partial charge in [-0.3, -0.25) is 0 Å². The minimum atomic E-state index is 0.394. The van der Waals surface area contributed by atoms with Crippen molar-refractivity contribution in [1.82, 2.24) is 5.32 Å². The van der Waals surface area contributed by atoms with E-state index >= 15 is 0 Å². The summed E-state index contributed by atoms with van der Waals surface area (Å²) in [6, 6.07) is 0. The highest BCUT2D eigenvalue weighted by Gasteiger charge is 2.18. The molecule has 1 unspecified atom stereocenters. The van der Waals surface area contributed by atoms with Gasteiger partial charge in [-0.2, -0.15) is 0 Å². The molecule has 0 amide bonds. The van der Waals surface area contributed by atoms with Crippen molar-refractivity contribution in [3.8, 4) is 0 Å². The van der Waals surface area contributed by atoms with Crippen LogP contribution in [0.3, 0.4) is 0 Å². The first-order chi connectivity index (χ1) is 7.24. The third-order valence-electron chi connectivity index (χ3n) is 3.42. The Labute approximate surface area is 94.8 Å². The Kier molecular flexibility index (Phi) is 6.26. The molecule has 0 aromatic carbocycles. The first kappa shape index (κ1) is 13.0. The Balaban J connectivity index is 2.06. The highest BCUT2D eigenvalue weighted by Crippen LogP contribution is 2.29. The minimum absolute atomic E-state index is 0.394. The van der Waals surface area contributed by atoms with E-state index in [1.807, 2.05) is 0 Å². The lowest BCUT2D eigenvalue weighted by atomic mass is 9.83. The standard InChI is InChI=1S/C13H27NO/c1-4-14-10-13(11(2)3)15-9-8-12-6-5-7-12/h11-14H,4-10H2,1-3H3. The highest BCUT2D eigenvalue weighted by atomic mass is 16.5. The predicted molar refractivity (Wildman–Crippen MR) is 65.1 cm³/mol. The van der Waals surface area contributed by atoms with Gasteiger partial charge in [0.2, 0.25) is 0 Å². The van der Waals surface area contributed by atoms with Gasteiger partial charge in [0.25, 0.3) is 0 Å². The van der Waals surface area contributed by atoms with Gasteiger partial charge in [0.1, 0.15) is 0 Å². The Hall–Kier alpha value is -0.0800. The topological polar surface area (TPSA) is 21.3 Å². The van der Waals surface area contributed by atoms with Crippen molar-refractivity contribution in [3.63, 3.8) is 0 Å². The second kappa shape index (κ2) is 7.24. The van der Waals surface area contributed by atoms with E-state index in [2.05, 4.69) is 26.1 Å². The largest absolute Gasteiger partial charge is 0.377 e. The van der Waals surface area contributed by atoms with Crippen molar-refractivity contribution in [2.24, 2.45) is 11.8 Å². The fraction of sp³-hybridized carbons (Fsp3) is 1.00. The summed E-state index contributed by atoms with van der Waals surface area (Å²) < 4.78 is 5.95. The summed E-state index contributed by atoms with van der Waals surface area (Å²) in [5, 5.41) is 3.37. The van der Waals surface area contributed by atoms with Crippen LogP contribution < -0.4 is 5.32 Å². The molecule has 0 spiro atoms. The zero-order valence-corrected chi connectivity index (χ0v) is 10.6. The molecule has 0 heterocycles. The number of ether oxygens (including phenoxy) is 1. The fourth-order valence-electron chi connectivity index (χ4n) is 1.94. The number of hydrogen-bond acceptors (Lipinski definition) is 2. The van der Waals surface area contributed by atoms with Crippen LogP contribution in [0.5, 0.6) is 0 Å². The van der Waals surface area contributed by atoms with Crippen LogP contribution in [0.25, 0.3) is 0 Å². The van der Waals surface area contributed by atoms with Crippen molar-refractivity contribution in [3.05, 3.63) is 0 Å². The van der Waals surface area contributed by atoms with Gasteiger partial charge in [0, 0.05) is 13.2 Å². The molecule has 0 saturated heterocycles. The molecular formula is C13H27NO. The summed E-state index contributed by atoms with van der Waals surface area (Å²) >= 11 is 0. The van der Waals surface area contributed by atoms with Crippen LogP contribution >= 0.6 is 0 Å². The summed E-state index contributed by atoms with van der Waals surface area (Å²) in [5.74, 6) is 1.59. The molecule has 1 fully saturated rings. The molecule has 1 N–H and O–H groups in total. The molecule has 1 rings (SSSR count). The van der Waals surface area contributed by atoms with Gasteiger partial charge in [0.05, 0.1) is 6.10 Å². The molecule has 2 nitrogen and oxygen atoms in total. The van der Waals surface area contributed by atoms with Crippen LogP contribution in [0.4, 0.5) is 0 Å². The van der Waals surface area contributed by atoms with Crippen molar-refractivity contribution < 1.29 is 4.74 Å². The van der Waals surface area contributed by atoms with E-state index in [4.69, 9.17) is 4.74 Å². The zero-order chi connectivity index (χ0) is 11.1. The van der Waals surface area contributed by atoms with E-state index < -0.39 is 0 Å². The minimum Gasteiger partial charge on any atom is -0.377 e.